The summed E-state index contributed by atoms with van der Waals surface area (Å²) >= 11 is 0. The second kappa shape index (κ2) is 5.54. The lowest BCUT2D eigenvalue weighted by atomic mass is 10.1. The Bertz CT molecular complexity index is 582. The van der Waals surface area contributed by atoms with Gasteiger partial charge >= 0.3 is 0 Å². The van der Waals surface area contributed by atoms with Crippen molar-refractivity contribution in [1.29, 1.82) is 0 Å². The first-order valence-corrected chi connectivity index (χ1v) is 7.13. The zero-order valence-electron chi connectivity index (χ0n) is 12.0. The molecule has 21 heavy (non-hydrogen) atoms. The Morgan fingerprint density at radius 3 is 2.52 bits per heavy atom. The molecule has 2 aliphatic heterocycles. The van der Waals surface area contributed by atoms with Crippen LogP contribution in [0, 0.1) is 5.82 Å². The molecule has 0 atom stereocenters. The topological polar surface area (TPSA) is 43.9 Å². The quantitative estimate of drug-likeness (QED) is 0.765. The monoisotopic (exact) mass is 291 g/mol. The van der Waals surface area contributed by atoms with Gasteiger partial charge in [-0.05, 0) is 25.2 Å². The van der Waals surface area contributed by atoms with Crippen molar-refractivity contribution in [1.82, 2.24) is 9.80 Å². The fourth-order valence-electron chi connectivity index (χ4n) is 2.81. The lowest BCUT2D eigenvalue weighted by molar-refractivity contribution is -0.114. The number of likely N-dealkylation sites (N-methyl/N-ethyl adjacent to an activating group) is 1. The number of benzene rings is 1. The van der Waals surface area contributed by atoms with Gasteiger partial charge in [0, 0.05) is 39.3 Å². The van der Waals surface area contributed by atoms with Gasteiger partial charge in [0.05, 0.1) is 11.3 Å². The Kier molecular flexibility index (Phi) is 3.73. The summed E-state index contributed by atoms with van der Waals surface area (Å²) in [7, 11) is 2.09. The van der Waals surface area contributed by atoms with Gasteiger partial charge in [-0.3, -0.25) is 14.5 Å². The van der Waals surface area contributed by atoms with Crippen molar-refractivity contribution in [3.05, 3.63) is 29.6 Å². The minimum absolute atomic E-state index is 0.179. The van der Waals surface area contributed by atoms with Gasteiger partial charge in [-0.15, -0.1) is 0 Å². The molecule has 3 rings (SSSR count). The van der Waals surface area contributed by atoms with Crippen molar-refractivity contribution in [3.63, 3.8) is 0 Å². The van der Waals surface area contributed by atoms with E-state index < -0.39 is 17.5 Å². The number of halogens is 1. The number of ketones is 1. The van der Waals surface area contributed by atoms with Crippen LogP contribution in [0.2, 0.25) is 0 Å². The molecule has 1 saturated heterocycles. The van der Waals surface area contributed by atoms with Gasteiger partial charge in [0.15, 0.2) is 0 Å². The molecule has 0 bridgehead atoms. The number of fused-ring (bicyclic) bond motifs is 1. The lowest BCUT2D eigenvalue weighted by Gasteiger charge is -2.33. The molecule has 1 fully saturated rings. The van der Waals surface area contributed by atoms with Crippen molar-refractivity contribution >= 4 is 17.4 Å². The molecule has 5 nitrogen and oxygen atoms in total. The molecule has 0 radical (unpaired) electrons. The van der Waals surface area contributed by atoms with Crippen LogP contribution in [0.5, 0.6) is 0 Å². The highest BCUT2D eigenvalue weighted by Gasteiger charge is 2.36. The maximum absolute atomic E-state index is 13.2. The maximum Gasteiger partial charge on any atom is 0.299 e. The number of piperazine rings is 1. The number of rotatable bonds is 3. The summed E-state index contributed by atoms with van der Waals surface area (Å²) in [6.45, 7) is 5.13. The molecule has 0 unspecified atom stereocenters. The first-order chi connectivity index (χ1) is 10.1. The maximum atomic E-state index is 13.2. The number of hydrogen-bond donors (Lipinski definition) is 0. The molecule has 0 N–H and O–H groups in total. The molecule has 0 aliphatic carbocycles. The smallest absolute Gasteiger partial charge is 0.299 e. The summed E-state index contributed by atoms with van der Waals surface area (Å²) in [5.41, 5.74) is 0.707. The van der Waals surface area contributed by atoms with E-state index in [9.17, 15) is 14.0 Å². The molecular formula is C15H18FN3O2. The van der Waals surface area contributed by atoms with E-state index in [0.29, 0.717) is 12.2 Å². The van der Waals surface area contributed by atoms with Crippen molar-refractivity contribution < 1.29 is 14.0 Å². The van der Waals surface area contributed by atoms with Crippen LogP contribution in [-0.4, -0.2) is 67.8 Å². The summed E-state index contributed by atoms with van der Waals surface area (Å²) in [4.78, 5) is 29.9. The van der Waals surface area contributed by atoms with Gasteiger partial charge in [-0.25, -0.2) is 4.39 Å². The average Bonchev–Trinajstić information content (AvgIpc) is 2.71. The summed E-state index contributed by atoms with van der Waals surface area (Å²) in [6, 6.07) is 3.94. The van der Waals surface area contributed by atoms with E-state index in [1.54, 1.807) is 0 Å². The minimum atomic E-state index is -0.608. The number of nitrogens with zero attached hydrogens (tertiary/aromatic N) is 3. The molecular weight excluding hydrogens is 273 g/mol. The summed E-state index contributed by atoms with van der Waals surface area (Å²) < 4.78 is 13.2. The summed E-state index contributed by atoms with van der Waals surface area (Å²) in [5, 5.41) is 0. The van der Waals surface area contributed by atoms with E-state index in [1.807, 2.05) is 0 Å². The van der Waals surface area contributed by atoms with E-state index in [1.165, 1.54) is 17.0 Å². The van der Waals surface area contributed by atoms with Crippen LogP contribution in [-0.2, 0) is 4.79 Å². The normalized spacial score (nSPS) is 20.2. The van der Waals surface area contributed by atoms with Crippen LogP contribution in [0.25, 0.3) is 0 Å². The van der Waals surface area contributed by atoms with Gasteiger partial charge in [0.2, 0.25) is 0 Å². The number of anilines is 1. The first kappa shape index (κ1) is 14.2. The van der Waals surface area contributed by atoms with Crippen LogP contribution in [0.1, 0.15) is 10.4 Å². The first-order valence-electron chi connectivity index (χ1n) is 7.13. The van der Waals surface area contributed by atoms with E-state index in [-0.39, 0.29) is 5.56 Å². The number of carbonyl (C=O) groups is 2. The average molecular weight is 291 g/mol. The van der Waals surface area contributed by atoms with Gasteiger partial charge in [0.1, 0.15) is 5.82 Å². The third kappa shape index (κ3) is 2.69. The van der Waals surface area contributed by atoms with Crippen LogP contribution >= 0.6 is 0 Å². The number of Topliss-reactive ketones (excluding diaryl/α,β-unsaturated/α-hetero) is 1. The Labute approximate surface area is 122 Å². The van der Waals surface area contributed by atoms with Crippen LogP contribution < -0.4 is 4.90 Å². The predicted molar refractivity (Wildman–Crippen MR) is 77.0 cm³/mol. The second-order valence-electron chi connectivity index (χ2n) is 5.59. The van der Waals surface area contributed by atoms with Crippen molar-refractivity contribution in [3.8, 4) is 0 Å². The molecule has 1 aromatic rings. The van der Waals surface area contributed by atoms with E-state index >= 15 is 0 Å². The van der Waals surface area contributed by atoms with Crippen LogP contribution in [0.15, 0.2) is 18.2 Å². The molecule has 2 aliphatic rings. The molecule has 0 spiro atoms. The Morgan fingerprint density at radius 1 is 1.10 bits per heavy atom. The van der Waals surface area contributed by atoms with Gasteiger partial charge < -0.3 is 9.80 Å². The molecule has 0 aromatic heterocycles. The summed E-state index contributed by atoms with van der Waals surface area (Å²) in [6.07, 6.45) is 0. The van der Waals surface area contributed by atoms with Crippen LogP contribution in [0.3, 0.4) is 0 Å². The predicted octanol–water partition coefficient (Wildman–Crippen LogP) is 0.602. The SMILES string of the molecule is CN1CCN(CCN2C(=O)C(=O)c3cc(F)ccc32)CC1. The van der Waals surface area contributed by atoms with E-state index in [0.717, 1.165) is 38.8 Å². The van der Waals surface area contributed by atoms with Crippen molar-refractivity contribution in [2.45, 2.75) is 0 Å². The Balaban J connectivity index is 1.69. The number of carbonyl (C=O) groups excluding carboxylic acids is 2. The van der Waals surface area contributed by atoms with Crippen molar-refractivity contribution in [2.75, 3.05) is 51.2 Å². The second-order valence-corrected chi connectivity index (χ2v) is 5.59. The largest absolute Gasteiger partial charge is 0.304 e. The van der Waals surface area contributed by atoms with Gasteiger partial charge in [0.25, 0.3) is 11.7 Å². The highest BCUT2D eigenvalue weighted by molar-refractivity contribution is 6.52. The zero-order valence-corrected chi connectivity index (χ0v) is 12.0. The third-order valence-corrected chi connectivity index (χ3v) is 4.17. The Hall–Kier alpha value is -1.79. The summed E-state index contributed by atoms with van der Waals surface area (Å²) in [5.74, 6) is -1.65. The molecule has 6 heteroatoms. The third-order valence-electron chi connectivity index (χ3n) is 4.17. The Morgan fingerprint density at radius 2 is 1.81 bits per heavy atom. The molecule has 112 valence electrons. The molecule has 2 heterocycles. The van der Waals surface area contributed by atoms with Gasteiger partial charge in [-0.2, -0.15) is 0 Å². The standard InChI is InChI=1S/C15H18FN3O2/c1-17-4-6-18(7-5-17)8-9-19-13-3-2-11(16)10-12(13)14(20)15(19)21/h2-3,10H,4-9H2,1H3. The number of amides is 1. The molecule has 0 saturated carbocycles. The molecule has 1 amide bonds. The highest BCUT2D eigenvalue weighted by Crippen LogP contribution is 2.29. The van der Waals surface area contributed by atoms with Gasteiger partial charge in [-0.1, -0.05) is 0 Å². The van der Waals surface area contributed by atoms with Crippen LogP contribution in [0.4, 0.5) is 10.1 Å². The number of hydrogen-bond acceptors (Lipinski definition) is 4. The zero-order chi connectivity index (χ0) is 15.0. The van der Waals surface area contributed by atoms with Crippen molar-refractivity contribution in [2.24, 2.45) is 0 Å². The lowest BCUT2D eigenvalue weighted by Crippen LogP contribution is -2.47. The fraction of sp³-hybridized carbons (Fsp3) is 0.467. The minimum Gasteiger partial charge on any atom is -0.304 e. The van der Waals surface area contributed by atoms with E-state index in [4.69, 9.17) is 0 Å². The molecule has 1 aromatic carbocycles. The van der Waals surface area contributed by atoms with E-state index in [2.05, 4.69) is 16.8 Å². The highest BCUT2D eigenvalue weighted by atomic mass is 19.1. The fourth-order valence-corrected chi connectivity index (χ4v) is 2.81.